The lowest BCUT2D eigenvalue weighted by atomic mass is 9.93. The summed E-state index contributed by atoms with van der Waals surface area (Å²) in [5.74, 6) is -0.241. The first kappa shape index (κ1) is 27.5. The number of carbonyl (C=O) groups is 2. The van der Waals surface area contributed by atoms with E-state index in [1.165, 1.54) is 12.1 Å². The lowest BCUT2D eigenvalue weighted by molar-refractivity contribution is -0.138. The van der Waals surface area contributed by atoms with Gasteiger partial charge in [0.25, 0.3) is 5.91 Å². The van der Waals surface area contributed by atoms with Crippen molar-refractivity contribution in [1.82, 2.24) is 24.5 Å². The predicted molar refractivity (Wildman–Crippen MR) is 139 cm³/mol. The minimum atomic E-state index is -4.42. The van der Waals surface area contributed by atoms with Gasteiger partial charge in [0.15, 0.2) is 0 Å². The zero-order valence-corrected chi connectivity index (χ0v) is 22.5. The first-order valence-electron chi connectivity index (χ1n) is 13.7. The van der Waals surface area contributed by atoms with E-state index in [-0.39, 0.29) is 42.0 Å². The molecule has 8 nitrogen and oxygen atoms in total. The number of ether oxygens (including phenoxy) is 1. The van der Waals surface area contributed by atoms with Crippen LogP contribution in [0.25, 0.3) is 0 Å². The van der Waals surface area contributed by atoms with Crippen LogP contribution in [0.3, 0.4) is 0 Å². The fourth-order valence-corrected chi connectivity index (χ4v) is 5.77. The van der Waals surface area contributed by atoms with Crippen molar-refractivity contribution >= 4 is 12.0 Å². The molecule has 3 aliphatic rings. The molecule has 39 heavy (non-hydrogen) atoms. The van der Waals surface area contributed by atoms with E-state index in [1.54, 1.807) is 22.1 Å². The summed E-state index contributed by atoms with van der Waals surface area (Å²) in [4.78, 5) is 31.4. The summed E-state index contributed by atoms with van der Waals surface area (Å²) in [5.41, 5.74) is 1.13. The molecule has 1 aromatic carbocycles. The van der Waals surface area contributed by atoms with Crippen LogP contribution >= 0.6 is 0 Å². The van der Waals surface area contributed by atoms with Gasteiger partial charge in [0.05, 0.1) is 29.1 Å². The van der Waals surface area contributed by atoms with Gasteiger partial charge in [0.2, 0.25) is 0 Å². The highest BCUT2D eigenvalue weighted by Gasteiger charge is 2.40. The number of nitrogens with zero attached hydrogens (tertiary/aromatic N) is 5. The number of rotatable bonds is 7. The Morgan fingerprint density at radius 1 is 1.00 bits per heavy atom. The molecule has 1 aromatic heterocycles. The third-order valence-electron chi connectivity index (χ3n) is 8.04. The van der Waals surface area contributed by atoms with Crippen LogP contribution in [0, 0.1) is 0 Å². The molecule has 2 aliphatic heterocycles. The van der Waals surface area contributed by atoms with E-state index in [9.17, 15) is 22.8 Å². The van der Waals surface area contributed by atoms with Gasteiger partial charge in [-0.3, -0.25) is 9.48 Å². The first-order valence-corrected chi connectivity index (χ1v) is 13.7. The van der Waals surface area contributed by atoms with Crippen molar-refractivity contribution in [2.45, 2.75) is 56.2 Å². The van der Waals surface area contributed by atoms with Gasteiger partial charge in [-0.05, 0) is 57.8 Å². The molecule has 3 fully saturated rings. The molecule has 1 atom stereocenters. The minimum Gasteiger partial charge on any atom is -0.448 e. The van der Waals surface area contributed by atoms with Gasteiger partial charge >= 0.3 is 12.3 Å². The van der Waals surface area contributed by atoms with Crippen molar-refractivity contribution in [2.75, 3.05) is 53.4 Å². The molecule has 1 aliphatic carbocycles. The first-order chi connectivity index (χ1) is 18.6. The maximum absolute atomic E-state index is 13.6. The molecule has 0 unspecified atom stereocenters. The molecule has 2 amide bonds. The second kappa shape index (κ2) is 11.2. The van der Waals surface area contributed by atoms with Crippen molar-refractivity contribution in [3.63, 3.8) is 0 Å². The maximum atomic E-state index is 13.6. The summed E-state index contributed by atoms with van der Waals surface area (Å²) in [5, 5.41) is 4.64. The number of benzene rings is 1. The van der Waals surface area contributed by atoms with Crippen LogP contribution in [0.15, 0.2) is 30.5 Å². The van der Waals surface area contributed by atoms with Gasteiger partial charge < -0.3 is 19.4 Å². The number of likely N-dealkylation sites (N-methyl/N-ethyl adjacent to an activating group) is 1. The number of carbonyl (C=O) groups excluding carboxylic acids is 2. The predicted octanol–water partition coefficient (Wildman–Crippen LogP) is 4.74. The topological polar surface area (TPSA) is 70.9 Å². The van der Waals surface area contributed by atoms with E-state index in [1.807, 2.05) is 23.7 Å². The Morgan fingerprint density at radius 3 is 2.36 bits per heavy atom. The van der Waals surface area contributed by atoms with Crippen LogP contribution in [0.4, 0.5) is 18.0 Å². The Bertz CT molecular complexity index is 1190. The summed E-state index contributed by atoms with van der Waals surface area (Å²) in [6.45, 7) is 2.82. The highest BCUT2D eigenvalue weighted by Crippen LogP contribution is 2.44. The molecular weight excluding hydrogens is 511 g/mol. The van der Waals surface area contributed by atoms with E-state index in [4.69, 9.17) is 4.74 Å². The third-order valence-corrected chi connectivity index (χ3v) is 8.04. The Morgan fingerprint density at radius 2 is 1.69 bits per heavy atom. The third kappa shape index (κ3) is 6.08. The summed E-state index contributed by atoms with van der Waals surface area (Å²) < 4.78 is 48.1. The maximum Gasteiger partial charge on any atom is 0.416 e. The van der Waals surface area contributed by atoms with Gasteiger partial charge in [-0.25, -0.2) is 4.79 Å². The van der Waals surface area contributed by atoms with Crippen molar-refractivity contribution < 1.29 is 27.5 Å². The highest BCUT2D eigenvalue weighted by molar-refractivity contribution is 5.95. The molecule has 0 N–H and O–H groups in total. The molecule has 2 aromatic rings. The van der Waals surface area contributed by atoms with Crippen molar-refractivity contribution in [3.8, 4) is 0 Å². The second-order valence-electron chi connectivity index (χ2n) is 11.1. The Kier molecular flexibility index (Phi) is 7.89. The van der Waals surface area contributed by atoms with Crippen molar-refractivity contribution in [3.05, 3.63) is 52.8 Å². The molecule has 212 valence electrons. The summed E-state index contributed by atoms with van der Waals surface area (Å²) in [7, 11) is 3.85. The molecule has 2 saturated heterocycles. The molecule has 0 spiro atoms. The number of amides is 2. The SMILES string of the molecule is CN(C)CCOC(=O)N1CCC(n2ncc(C(=O)N3CC[C@@H](c4ccccc4C(F)(F)F)C3)c2C2CC2)CC1. The van der Waals surface area contributed by atoms with E-state index in [0.717, 1.165) is 37.4 Å². The lowest BCUT2D eigenvalue weighted by Gasteiger charge is -2.32. The molecule has 11 heteroatoms. The zero-order valence-electron chi connectivity index (χ0n) is 22.5. The number of aromatic nitrogens is 2. The van der Waals surface area contributed by atoms with Gasteiger partial charge in [-0.1, -0.05) is 18.2 Å². The minimum absolute atomic E-state index is 0.0814. The Hall–Kier alpha value is -3.08. The van der Waals surface area contributed by atoms with Gasteiger partial charge in [-0.15, -0.1) is 0 Å². The number of halogens is 3. The molecule has 5 rings (SSSR count). The van der Waals surface area contributed by atoms with Crippen molar-refractivity contribution in [2.24, 2.45) is 0 Å². The quantitative estimate of drug-likeness (QED) is 0.501. The summed E-state index contributed by atoms with van der Waals surface area (Å²) in [6, 6.07) is 5.75. The Labute approximate surface area is 226 Å². The standard InChI is InChI=1S/C28H36F3N5O3/c1-33(2)15-16-39-27(38)34-13-10-21(11-14-34)36-25(19-7-8-19)23(17-32-36)26(37)35-12-9-20(18-35)22-5-3-4-6-24(22)28(29,30)31/h3-6,17,19-21H,7-16,18H2,1-2H3/t20-/m1/s1. The molecule has 0 bridgehead atoms. The van der Waals surface area contributed by atoms with Crippen LogP contribution in [-0.2, 0) is 10.9 Å². The van der Waals surface area contributed by atoms with Gasteiger partial charge in [-0.2, -0.15) is 18.3 Å². The summed E-state index contributed by atoms with van der Waals surface area (Å²) in [6.07, 6.45) is 0.825. The van der Waals surface area contributed by atoms with Crippen LogP contribution in [0.5, 0.6) is 0 Å². The number of likely N-dealkylation sites (tertiary alicyclic amines) is 2. The average Bonchev–Trinajstić information content (AvgIpc) is 3.45. The van der Waals surface area contributed by atoms with Crippen LogP contribution in [-0.4, -0.2) is 89.9 Å². The number of hydrogen-bond acceptors (Lipinski definition) is 5. The van der Waals surface area contributed by atoms with Gasteiger partial charge in [0, 0.05) is 44.6 Å². The molecule has 0 radical (unpaired) electrons. The summed E-state index contributed by atoms with van der Waals surface area (Å²) >= 11 is 0. The lowest BCUT2D eigenvalue weighted by Crippen LogP contribution is -2.40. The van der Waals surface area contributed by atoms with E-state index >= 15 is 0 Å². The Balaban J connectivity index is 1.25. The largest absolute Gasteiger partial charge is 0.448 e. The monoisotopic (exact) mass is 547 g/mol. The zero-order chi connectivity index (χ0) is 27.7. The van der Waals surface area contributed by atoms with Crippen LogP contribution < -0.4 is 0 Å². The van der Waals surface area contributed by atoms with Gasteiger partial charge in [0.1, 0.15) is 6.61 Å². The van der Waals surface area contributed by atoms with Crippen LogP contribution in [0.1, 0.15) is 77.2 Å². The molecular formula is C28H36F3N5O3. The average molecular weight is 548 g/mol. The van der Waals surface area contributed by atoms with E-state index in [0.29, 0.717) is 44.8 Å². The number of hydrogen-bond donors (Lipinski definition) is 0. The smallest absolute Gasteiger partial charge is 0.416 e. The van der Waals surface area contributed by atoms with E-state index < -0.39 is 11.7 Å². The van der Waals surface area contributed by atoms with E-state index in [2.05, 4.69) is 5.10 Å². The molecule has 1 saturated carbocycles. The fraction of sp³-hybridized carbons (Fsp3) is 0.607. The number of alkyl halides is 3. The normalized spacial score (nSPS) is 20.6. The fourth-order valence-electron chi connectivity index (χ4n) is 5.77. The van der Waals surface area contributed by atoms with Crippen LogP contribution in [0.2, 0.25) is 0 Å². The highest BCUT2D eigenvalue weighted by atomic mass is 19.4. The second-order valence-corrected chi connectivity index (χ2v) is 11.1. The number of piperidine rings is 1. The van der Waals surface area contributed by atoms with Crippen molar-refractivity contribution in [1.29, 1.82) is 0 Å². The molecule has 3 heterocycles.